The molecule has 1 fully saturated rings. The number of nitrogens with one attached hydrogen (secondary N) is 2. The second kappa shape index (κ2) is 9.70. The Morgan fingerprint density at radius 2 is 1.67 bits per heavy atom. The van der Waals surface area contributed by atoms with Crippen LogP contribution in [0.25, 0.3) is 0 Å². The molecular formula is C25H24ClN3O. The van der Waals surface area contributed by atoms with Gasteiger partial charge in [-0.05, 0) is 31.4 Å². The number of hydrogen-bond acceptors (Lipinski definition) is 4. The molecule has 1 atom stereocenters. The normalized spacial score (nSPS) is 16.0. The molecule has 5 heteroatoms. The van der Waals surface area contributed by atoms with Gasteiger partial charge in [0, 0.05) is 35.2 Å². The van der Waals surface area contributed by atoms with Crippen molar-refractivity contribution in [3.63, 3.8) is 0 Å². The fourth-order valence-corrected chi connectivity index (χ4v) is 3.75. The van der Waals surface area contributed by atoms with Gasteiger partial charge in [0.2, 0.25) is 0 Å². The van der Waals surface area contributed by atoms with Gasteiger partial charge in [0.1, 0.15) is 6.23 Å². The third-order valence-corrected chi connectivity index (χ3v) is 5.40. The molecule has 0 amide bonds. The van der Waals surface area contributed by atoms with Crippen LogP contribution >= 0.6 is 11.6 Å². The molecule has 152 valence electrons. The summed E-state index contributed by atoms with van der Waals surface area (Å²) in [5.41, 5.74) is 5.01. The van der Waals surface area contributed by atoms with Crippen LogP contribution in [0.1, 0.15) is 36.0 Å². The predicted octanol–water partition coefficient (Wildman–Crippen LogP) is 6.45. The lowest BCUT2D eigenvalue weighted by Gasteiger charge is -2.25. The quantitative estimate of drug-likeness (QED) is 0.453. The van der Waals surface area contributed by atoms with Crippen LogP contribution in [0.2, 0.25) is 5.02 Å². The zero-order valence-corrected chi connectivity index (χ0v) is 17.4. The monoisotopic (exact) mass is 417 g/mol. The Balaban J connectivity index is 1.74. The number of rotatable bonds is 6. The average molecular weight is 418 g/mol. The van der Waals surface area contributed by atoms with E-state index < -0.39 is 0 Å². The second-order valence-corrected chi connectivity index (χ2v) is 7.63. The van der Waals surface area contributed by atoms with Gasteiger partial charge in [-0.1, -0.05) is 72.3 Å². The highest BCUT2D eigenvalue weighted by Gasteiger charge is 2.16. The summed E-state index contributed by atoms with van der Waals surface area (Å²) in [6.07, 6.45) is 4.44. The third-order valence-electron chi connectivity index (χ3n) is 5.10. The van der Waals surface area contributed by atoms with Crippen LogP contribution in [0.15, 0.2) is 77.8 Å². The standard InChI is InChI=1S/C25H24ClN3O/c26-21-16-22(28-24-13-7-8-14-30-24)20(17-27)15-23(21)29-25(18-9-3-1-4-10-18)19-11-5-2-6-12-19/h1-6,9-12,15-17,24,27-28H,7-8,13-14H2. The van der Waals surface area contributed by atoms with Gasteiger partial charge in [0.15, 0.2) is 0 Å². The minimum Gasteiger partial charge on any atom is -0.360 e. The van der Waals surface area contributed by atoms with E-state index in [9.17, 15) is 0 Å². The largest absolute Gasteiger partial charge is 0.360 e. The average Bonchev–Trinajstić information content (AvgIpc) is 2.80. The number of hydrogen-bond donors (Lipinski definition) is 2. The van der Waals surface area contributed by atoms with Crippen LogP contribution in [-0.2, 0) is 4.74 Å². The zero-order chi connectivity index (χ0) is 20.8. The van der Waals surface area contributed by atoms with E-state index in [-0.39, 0.29) is 6.23 Å². The van der Waals surface area contributed by atoms with Crippen molar-refractivity contribution in [1.82, 2.24) is 0 Å². The van der Waals surface area contributed by atoms with E-state index in [0.717, 1.165) is 54.0 Å². The van der Waals surface area contributed by atoms with Crippen LogP contribution < -0.4 is 5.32 Å². The van der Waals surface area contributed by atoms with Crippen molar-refractivity contribution in [1.29, 1.82) is 5.41 Å². The molecule has 1 aliphatic rings. The van der Waals surface area contributed by atoms with Crippen LogP contribution in [0, 0.1) is 5.41 Å². The number of aliphatic imine (C=N–C) groups is 1. The Morgan fingerprint density at radius 3 is 2.23 bits per heavy atom. The molecule has 4 rings (SSSR count). The summed E-state index contributed by atoms with van der Waals surface area (Å²) in [7, 11) is 0. The highest BCUT2D eigenvalue weighted by molar-refractivity contribution is 6.34. The minimum atomic E-state index is -0.0490. The third kappa shape index (κ3) is 4.78. The van der Waals surface area contributed by atoms with E-state index in [1.165, 1.54) is 6.21 Å². The molecule has 1 unspecified atom stereocenters. The van der Waals surface area contributed by atoms with Crippen LogP contribution in [0.4, 0.5) is 11.4 Å². The molecule has 0 saturated carbocycles. The van der Waals surface area contributed by atoms with Crippen molar-refractivity contribution in [3.8, 4) is 0 Å². The van der Waals surface area contributed by atoms with Gasteiger partial charge >= 0.3 is 0 Å². The summed E-state index contributed by atoms with van der Waals surface area (Å²) < 4.78 is 5.77. The van der Waals surface area contributed by atoms with Crippen LogP contribution in [0.5, 0.6) is 0 Å². The lowest BCUT2D eigenvalue weighted by Crippen LogP contribution is -2.27. The molecule has 1 heterocycles. The number of halogens is 1. The lowest BCUT2D eigenvalue weighted by molar-refractivity contribution is 0.0343. The van der Waals surface area contributed by atoms with E-state index >= 15 is 0 Å². The fraction of sp³-hybridized carbons (Fsp3) is 0.200. The summed E-state index contributed by atoms with van der Waals surface area (Å²) in [6, 6.07) is 23.8. The molecule has 0 aliphatic carbocycles. The zero-order valence-electron chi connectivity index (χ0n) is 16.6. The van der Waals surface area contributed by atoms with E-state index in [1.807, 2.05) is 72.8 Å². The van der Waals surface area contributed by atoms with E-state index in [1.54, 1.807) is 0 Å². The van der Waals surface area contributed by atoms with Crippen molar-refractivity contribution < 1.29 is 4.74 Å². The van der Waals surface area contributed by atoms with Gasteiger partial charge in [-0.2, -0.15) is 0 Å². The van der Waals surface area contributed by atoms with Crippen LogP contribution in [-0.4, -0.2) is 24.8 Å². The summed E-state index contributed by atoms with van der Waals surface area (Å²) in [6.45, 7) is 0.755. The maximum Gasteiger partial charge on any atom is 0.127 e. The van der Waals surface area contributed by atoms with Crippen molar-refractivity contribution in [2.24, 2.45) is 4.99 Å². The summed E-state index contributed by atoms with van der Waals surface area (Å²) in [4.78, 5) is 4.92. The van der Waals surface area contributed by atoms with Gasteiger partial charge < -0.3 is 15.5 Å². The Labute approximate surface area is 182 Å². The highest BCUT2D eigenvalue weighted by atomic mass is 35.5. The van der Waals surface area contributed by atoms with Crippen molar-refractivity contribution in [2.45, 2.75) is 25.5 Å². The van der Waals surface area contributed by atoms with Crippen molar-refractivity contribution in [3.05, 3.63) is 94.5 Å². The van der Waals surface area contributed by atoms with Gasteiger partial charge in [0.25, 0.3) is 0 Å². The molecule has 0 radical (unpaired) electrons. The Morgan fingerprint density at radius 1 is 1.00 bits per heavy atom. The van der Waals surface area contributed by atoms with Crippen molar-refractivity contribution >= 4 is 34.9 Å². The summed E-state index contributed by atoms with van der Waals surface area (Å²) in [5, 5.41) is 11.8. The maximum atomic E-state index is 7.88. The maximum absolute atomic E-state index is 7.88. The molecule has 2 N–H and O–H groups in total. The first kappa shape index (κ1) is 20.3. The van der Waals surface area contributed by atoms with E-state index in [2.05, 4.69) is 5.32 Å². The number of anilines is 1. The second-order valence-electron chi connectivity index (χ2n) is 7.23. The van der Waals surface area contributed by atoms with Crippen LogP contribution in [0.3, 0.4) is 0 Å². The Hall–Kier alpha value is -2.95. The Kier molecular flexibility index (Phi) is 6.57. The highest BCUT2D eigenvalue weighted by Crippen LogP contribution is 2.33. The molecule has 30 heavy (non-hydrogen) atoms. The molecule has 4 nitrogen and oxygen atoms in total. The molecular weight excluding hydrogens is 394 g/mol. The predicted molar refractivity (Wildman–Crippen MR) is 125 cm³/mol. The fourth-order valence-electron chi connectivity index (χ4n) is 3.54. The van der Waals surface area contributed by atoms with Gasteiger partial charge in [-0.25, -0.2) is 4.99 Å². The van der Waals surface area contributed by atoms with E-state index in [4.69, 9.17) is 26.7 Å². The minimum absolute atomic E-state index is 0.0490. The number of nitrogens with zero attached hydrogens (tertiary/aromatic N) is 1. The summed E-state index contributed by atoms with van der Waals surface area (Å²) >= 11 is 6.63. The molecule has 1 aliphatic heterocycles. The number of benzene rings is 3. The molecule has 0 bridgehead atoms. The lowest BCUT2D eigenvalue weighted by atomic mass is 10.0. The van der Waals surface area contributed by atoms with E-state index in [0.29, 0.717) is 10.7 Å². The Bertz CT molecular complexity index is 988. The SMILES string of the molecule is N=Cc1cc(N=C(c2ccccc2)c2ccccc2)c(Cl)cc1NC1CCCCO1. The molecule has 0 spiro atoms. The van der Waals surface area contributed by atoms with Gasteiger partial charge in [-0.3, -0.25) is 0 Å². The molecule has 0 aromatic heterocycles. The van der Waals surface area contributed by atoms with Gasteiger partial charge in [-0.15, -0.1) is 0 Å². The first-order chi connectivity index (χ1) is 14.7. The molecule has 1 saturated heterocycles. The van der Waals surface area contributed by atoms with Crippen molar-refractivity contribution in [2.75, 3.05) is 11.9 Å². The first-order valence-corrected chi connectivity index (χ1v) is 10.5. The summed E-state index contributed by atoms with van der Waals surface area (Å²) in [5.74, 6) is 0. The molecule has 3 aromatic rings. The topological polar surface area (TPSA) is 57.5 Å². The number of ether oxygens (including phenoxy) is 1. The smallest absolute Gasteiger partial charge is 0.127 e. The molecule has 3 aromatic carbocycles. The van der Waals surface area contributed by atoms with Gasteiger partial charge in [0.05, 0.1) is 16.4 Å². The first-order valence-electron chi connectivity index (χ1n) is 10.2.